The zero-order chi connectivity index (χ0) is 19.4. The largest absolute Gasteiger partial charge is 0.356 e. The third kappa shape index (κ3) is 10.0. The first-order chi connectivity index (χ1) is 12.4. The third-order valence-electron chi connectivity index (χ3n) is 3.85. The quantitative estimate of drug-likeness (QED) is 0.340. The second-order valence-corrected chi connectivity index (χ2v) is 7.23. The molecule has 0 bridgehead atoms. The number of benzene rings is 1. The van der Waals surface area contributed by atoms with Gasteiger partial charge in [0.1, 0.15) is 0 Å². The normalized spacial score (nSPS) is 11.7. The summed E-state index contributed by atoms with van der Waals surface area (Å²) in [5.74, 6) is 1.55. The molecule has 0 aliphatic heterocycles. The van der Waals surface area contributed by atoms with Gasteiger partial charge in [0, 0.05) is 25.8 Å². The van der Waals surface area contributed by atoms with Gasteiger partial charge < -0.3 is 20.9 Å². The molecule has 0 saturated carbocycles. The van der Waals surface area contributed by atoms with Gasteiger partial charge in [-0.2, -0.15) is 0 Å². The monoisotopic (exact) mass is 361 g/mol. The Kier molecular flexibility index (Phi) is 10.4. The lowest BCUT2D eigenvalue weighted by molar-refractivity contribution is -0.116. The predicted octanol–water partition coefficient (Wildman–Crippen LogP) is 2.68. The number of nitrogens with zero attached hydrogens (tertiary/aromatic N) is 2. The highest BCUT2D eigenvalue weighted by Gasteiger charge is 2.05. The molecule has 6 nitrogen and oxygen atoms in total. The van der Waals surface area contributed by atoms with Gasteiger partial charge in [-0.1, -0.05) is 38.8 Å². The van der Waals surface area contributed by atoms with Crippen molar-refractivity contribution in [1.82, 2.24) is 15.5 Å². The molecule has 0 saturated heterocycles. The standard InChI is InChI=1S/C20H35N5O/c1-16(2)9-6-7-12-22-20(21-3)23-14-17-10-8-11-18(13-17)24-19(26)15-25(4)5/h8,10-11,13,16H,6-7,9,12,14-15H2,1-5H3,(H,24,26)(H2,21,22,23). The van der Waals surface area contributed by atoms with Gasteiger partial charge in [-0.05, 0) is 44.1 Å². The Morgan fingerprint density at radius 1 is 1.19 bits per heavy atom. The van der Waals surface area contributed by atoms with E-state index in [2.05, 4.69) is 34.8 Å². The van der Waals surface area contributed by atoms with Gasteiger partial charge in [0.25, 0.3) is 0 Å². The van der Waals surface area contributed by atoms with Crippen molar-refractivity contribution in [2.45, 2.75) is 39.7 Å². The zero-order valence-electron chi connectivity index (χ0n) is 16.9. The number of hydrogen-bond acceptors (Lipinski definition) is 3. The molecule has 0 unspecified atom stereocenters. The van der Waals surface area contributed by atoms with Crippen LogP contribution in [0.25, 0.3) is 0 Å². The summed E-state index contributed by atoms with van der Waals surface area (Å²) in [6.45, 7) is 6.46. The van der Waals surface area contributed by atoms with Crippen LogP contribution in [-0.2, 0) is 11.3 Å². The maximum Gasteiger partial charge on any atom is 0.238 e. The van der Waals surface area contributed by atoms with E-state index < -0.39 is 0 Å². The van der Waals surface area contributed by atoms with E-state index in [1.807, 2.05) is 43.3 Å². The fourth-order valence-corrected chi connectivity index (χ4v) is 2.54. The molecular weight excluding hydrogens is 326 g/mol. The van der Waals surface area contributed by atoms with E-state index in [1.165, 1.54) is 12.8 Å². The van der Waals surface area contributed by atoms with E-state index in [0.29, 0.717) is 13.1 Å². The zero-order valence-corrected chi connectivity index (χ0v) is 16.9. The molecule has 0 fully saturated rings. The van der Waals surface area contributed by atoms with Crippen LogP contribution in [0.3, 0.4) is 0 Å². The molecule has 0 aromatic heterocycles. The summed E-state index contributed by atoms with van der Waals surface area (Å²) < 4.78 is 0. The Morgan fingerprint density at radius 3 is 2.62 bits per heavy atom. The molecule has 146 valence electrons. The Morgan fingerprint density at radius 2 is 1.96 bits per heavy atom. The Labute approximate surface area is 158 Å². The molecule has 1 aromatic carbocycles. The Balaban J connectivity index is 2.40. The van der Waals surface area contributed by atoms with Crippen LogP contribution in [0, 0.1) is 5.92 Å². The highest BCUT2D eigenvalue weighted by atomic mass is 16.2. The van der Waals surface area contributed by atoms with Crippen molar-refractivity contribution in [3.8, 4) is 0 Å². The number of amides is 1. The summed E-state index contributed by atoms with van der Waals surface area (Å²) >= 11 is 0. The summed E-state index contributed by atoms with van der Waals surface area (Å²) in [5, 5.41) is 9.58. The molecule has 1 rings (SSSR count). The lowest BCUT2D eigenvalue weighted by atomic mass is 10.1. The average molecular weight is 362 g/mol. The number of anilines is 1. The lowest BCUT2D eigenvalue weighted by Crippen LogP contribution is -2.37. The maximum absolute atomic E-state index is 11.9. The van der Waals surface area contributed by atoms with Crippen molar-refractivity contribution in [2.75, 3.05) is 39.5 Å². The molecule has 1 amide bonds. The van der Waals surface area contributed by atoms with Crippen LogP contribution in [0.4, 0.5) is 5.69 Å². The number of hydrogen-bond donors (Lipinski definition) is 3. The highest BCUT2D eigenvalue weighted by molar-refractivity contribution is 5.92. The Bertz CT molecular complexity index is 569. The number of aliphatic imine (C=N–C) groups is 1. The summed E-state index contributed by atoms with van der Waals surface area (Å²) in [6.07, 6.45) is 3.64. The minimum absolute atomic E-state index is 0.0148. The number of rotatable bonds is 10. The van der Waals surface area contributed by atoms with Crippen LogP contribution >= 0.6 is 0 Å². The van der Waals surface area contributed by atoms with Gasteiger partial charge in [-0.15, -0.1) is 0 Å². The smallest absolute Gasteiger partial charge is 0.238 e. The third-order valence-corrected chi connectivity index (χ3v) is 3.85. The fraction of sp³-hybridized carbons (Fsp3) is 0.600. The Hall–Kier alpha value is -2.08. The lowest BCUT2D eigenvalue weighted by Gasteiger charge is -2.13. The van der Waals surface area contributed by atoms with E-state index in [4.69, 9.17) is 0 Å². The van der Waals surface area contributed by atoms with Gasteiger partial charge >= 0.3 is 0 Å². The van der Waals surface area contributed by atoms with Gasteiger partial charge in [-0.25, -0.2) is 0 Å². The second kappa shape index (κ2) is 12.3. The minimum atomic E-state index is -0.0148. The van der Waals surface area contributed by atoms with E-state index in [-0.39, 0.29) is 5.91 Å². The molecule has 26 heavy (non-hydrogen) atoms. The van der Waals surface area contributed by atoms with Crippen molar-refractivity contribution >= 4 is 17.6 Å². The van der Waals surface area contributed by atoms with Crippen LogP contribution in [0.2, 0.25) is 0 Å². The van der Waals surface area contributed by atoms with Crippen molar-refractivity contribution < 1.29 is 4.79 Å². The van der Waals surface area contributed by atoms with Gasteiger partial charge in [0.15, 0.2) is 5.96 Å². The molecule has 0 aliphatic carbocycles. The number of carbonyl (C=O) groups excluding carboxylic acids is 1. The number of unbranched alkanes of at least 4 members (excludes halogenated alkanes) is 1. The van der Waals surface area contributed by atoms with Gasteiger partial charge in [0.05, 0.1) is 6.54 Å². The summed E-state index contributed by atoms with van der Waals surface area (Å²) in [5.41, 5.74) is 1.91. The molecule has 6 heteroatoms. The van der Waals surface area contributed by atoms with Crippen LogP contribution < -0.4 is 16.0 Å². The molecule has 0 spiro atoms. The molecule has 0 heterocycles. The first kappa shape index (κ1) is 22.0. The van der Waals surface area contributed by atoms with E-state index in [0.717, 1.165) is 36.1 Å². The molecule has 0 radical (unpaired) electrons. The average Bonchev–Trinajstić information content (AvgIpc) is 2.56. The molecule has 1 aromatic rings. The number of likely N-dealkylation sites (N-methyl/N-ethyl adjacent to an activating group) is 1. The number of nitrogens with one attached hydrogen (secondary N) is 3. The van der Waals surface area contributed by atoms with E-state index in [9.17, 15) is 4.79 Å². The summed E-state index contributed by atoms with van der Waals surface area (Å²) in [7, 11) is 5.53. The van der Waals surface area contributed by atoms with Crippen molar-refractivity contribution in [1.29, 1.82) is 0 Å². The number of carbonyl (C=O) groups is 1. The highest BCUT2D eigenvalue weighted by Crippen LogP contribution is 2.10. The molecular formula is C20H35N5O. The fourth-order valence-electron chi connectivity index (χ4n) is 2.54. The topological polar surface area (TPSA) is 68.8 Å². The van der Waals surface area contributed by atoms with E-state index >= 15 is 0 Å². The first-order valence-electron chi connectivity index (χ1n) is 9.38. The van der Waals surface area contributed by atoms with Crippen LogP contribution in [0.1, 0.15) is 38.7 Å². The van der Waals surface area contributed by atoms with Crippen LogP contribution in [0.5, 0.6) is 0 Å². The van der Waals surface area contributed by atoms with E-state index in [1.54, 1.807) is 7.05 Å². The molecule has 0 atom stereocenters. The SMILES string of the molecule is CN=C(NCCCCC(C)C)NCc1cccc(NC(=O)CN(C)C)c1. The van der Waals surface area contributed by atoms with Crippen LogP contribution in [-0.4, -0.2) is 51.0 Å². The van der Waals surface area contributed by atoms with Crippen molar-refractivity contribution in [2.24, 2.45) is 10.9 Å². The van der Waals surface area contributed by atoms with Gasteiger partial charge in [0.2, 0.25) is 5.91 Å². The van der Waals surface area contributed by atoms with Crippen molar-refractivity contribution in [3.05, 3.63) is 29.8 Å². The predicted molar refractivity (Wildman–Crippen MR) is 111 cm³/mol. The second-order valence-electron chi connectivity index (χ2n) is 7.23. The molecule has 0 aliphatic rings. The summed E-state index contributed by atoms with van der Waals surface area (Å²) in [4.78, 5) is 18.0. The number of guanidine groups is 1. The maximum atomic E-state index is 11.9. The summed E-state index contributed by atoms with van der Waals surface area (Å²) in [6, 6.07) is 7.87. The van der Waals surface area contributed by atoms with Gasteiger partial charge in [-0.3, -0.25) is 9.79 Å². The first-order valence-corrected chi connectivity index (χ1v) is 9.38. The van der Waals surface area contributed by atoms with Crippen LogP contribution in [0.15, 0.2) is 29.3 Å². The van der Waals surface area contributed by atoms with Crippen molar-refractivity contribution in [3.63, 3.8) is 0 Å². The molecule has 3 N–H and O–H groups in total. The minimum Gasteiger partial charge on any atom is -0.356 e.